The molecule has 0 spiro atoms. The lowest BCUT2D eigenvalue weighted by Gasteiger charge is -2.20. The summed E-state index contributed by atoms with van der Waals surface area (Å²) in [6.07, 6.45) is 48.3. The summed E-state index contributed by atoms with van der Waals surface area (Å²) in [4.78, 5) is 22.5. The van der Waals surface area contributed by atoms with Gasteiger partial charge in [0.1, 0.15) is 6.10 Å². The average Bonchev–Trinajstić information content (AvgIpc) is 3.15. The van der Waals surface area contributed by atoms with Gasteiger partial charge in [-0.05, 0) is 77.0 Å². The van der Waals surface area contributed by atoms with E-state index in [4.69, 9.17) is 24.3 Å². The lowest BCUT2D eigenvalue weighted by molar-refractivity contribution is -0.154. The van der Waals surface area contributed by atoms with Crippen LogP contribution in [0.25, 0.3) is 0 Å². The van der Waals surface area contributed by atoms with E-state index >= 15 is 0 Å². The second-order valence-corrected chi connectivity index (χ2v) is 15.7. The van der Waals surface area contributed by atoms with E-state index in [2.05, 4.69) is 62.5 Å². The Morgan fingerprint density at radius 1 is 0.566 bits per heavy atom. The molecule has 0 fully saturated rings. The summed E-state index contributed by atoms with van der Waals surface area (Å²) >= 11 is 0. The van der Waals surface area contributed by atoms with Gasteiger partial charge in [0.15, 0.2) is 0 Å². The van der Waals surface area contributed by atoms with Crippen LogP contribution in [0.5, 0.6) is 0 Å². The van der Waals surface area contributed by atoms with Crippen LogP contribution in [-0.4, -0.2) is 49.9 Å². The van der Waals surface area contributed by atoms with Crippen LogP contribution in [-0.2, 0) is 27.9 Å². The van der Waals surface area contributed by atoms with E-state index in [0.717, 1.165) is 57.8 Å². The van der Waals surface area contributed by atoms with Crippen molar-refractivity contribution in [3.8, 4) is 0 Å². The Bertz CT molecular complexity index is 952. The van der Waals surface area contributed by atoms with Crippen LogP contribution in [0.15, 0.2) is 48.6 Å². The summed E-state index contributed by atoms with van der Waals surface area (Å²) in [7, 11) is -4.28. The molecule has 53 heavy (non-hydrogen) atoms. The average molecular weight is 768 g/mol. The van der Waals surface area contributed by atoms with E-state index in [9.17, 15) is 14.3 Å². The number of unbranched alkanes of at least 4 members (excludes halogenated alkanes) is 20. The summed E-state index contributed by atoms with van der Waals surface area (Å²) in [5, 5.41) is 0. The molecule has 0 aromatic carbocycles. The first-order valence-corrected chi connectivity index (χ1v) is 23.1. The SMILES string of the molecule is CCCCC/C=C\C/C=C\C/C=C\CCCCCCCCC(=O)OC(COCCCCCCCC/C=C\CCCCCCC)COP(=O)(O)OCCN. The third-order valence-electron chi connectivity index (χ3n) is 8.97. The zero-order valence-electron chi connectivity index (χ0n) is 34.2. The smallest absolute Gasteiger partial charge is 0.457 e. The monoisotopic (exact) mass is 768 g/mol. The summed E-state index contributed by atoms with van der Waals surface area (Å²) in [6.45, 7) is 4.86. The Balaban J connectivity index is 4.08. The van der Waals surface area contributed by atoms with Gasteiger partial charge in [-0.15, -0.1) is 0 Å². The highest BCUT2D eigenvalue weighted by Gasteiger charge is 2.25. The quantitative estimate of drug-likeness (QED) is 0.0273. The molecule has 0 bridgehead atoms. The molecule has 2 atom stereocenters. The maximum absolute atomic E-state index is 12.6. The number of esters is 1. The predicted octanol–water partition coefficient (Wildman–Crippen LogP) is 12.8. The number of hydrogen-bond donors (Lipinski definition) is 2. The molecule has 0 aromatic heterocycles. The van der Waals surface area contributed by atoms with Crippen LogP contribution in [0.3, 0.4) is 0 Å². The van der Waals surface area contributed by atoms with E-state index in [1.54, 1.807) is 0 Å². The van der Waals surface area contributed by atoms with Gasteiger partial charge in [0.2, 0.25) is 0 Å². The highest BCUT2D eigenvalue weighted by Crippen LogP contribution is 2.43. The number of allylic oxidation sites excluding steroid dienone is 8. The minimum atomic E-state index is -4.28. The van der Waals surface area contributed by atoms with Crippen molar-refractivity contribution in [3.05, 3.63) is 48.6 Å². The van der Waals surface area contributed by atoms with Crippen LogP contribution in [0.2, 0.25) is 0 Å². The van der Waals surface area contributed by atoms with Crippen molar-refractivity contribution in [2.45, 2.75) is 193 Å². The fraction of sp³-hybridized carbons (Fsp3) is 0.795. The van der Waals surface area contributed by atoms with Crippen LogP contribution >= 0.6 is 7.82 Å². The van der Waals surface area contributed by atoms with Crippen molar-refractivity contribution in [2.75, 3.05) is 33.0 Å². The highest BCUT2D eigenvalue weighted by atomic mass is 31.2. The molecule has 0 aliphatic rings. The van der Waals surface area contributed by atoms with E-state index in [0.29, 0.717) is 13.0 Å². The van der Waals surface area contributed by atoms with Crippen molar-refractivity contribution in [3.63, 3.8) is 0 Å². The molecule has 0 aromatic rings. The fourth-order valence-corrected chi connectivity index (χ4v) is 6.53. The summed E-state index contributed by atoms with van der Waals surface area (Å²) in [6, 6.07) is 0. The lowest BCUT2D eigenvalue weighted by atomic mass is 10.1. The third-order valence-corrected chi connectivity index (χ3v) is 9.95. The maximum atomic E-state index is 12.6. The lowest BCUT2D eigenvalue weighted by Crippen LogP contribution is -2.28. The molecule has 2 unspecified atom stereocenters. The molecule has 0 radical (unpaired) electrons. The van der Waals surface area contributed by atoms with Crippen molar-refractivity contribution in [1.82, 2.24) is 0 Å². The normalized spacial score (nSPS) is 14.0. The van der Waals surface area contributed by atoms with Crippen LogP contribution in [0.4, 0.5) is 0 Å². The first kappa shape index (κ1) is 51.5. The van der Waals surface area contributed by atoms with Gasteiger partial charge in [0, 0.05) is 19.6 Å². The van der Waals surface area contributed by atoms with Gasteiger partial charge in [-0.3, -0.25) is 13.8 Å². The van der Waals surface area contributed by atoms with E-state index in [-0.39, 0.29) is 32.3 Å². The summed E-state index contributed by atoms with van der Waals surface area (Å²) in [5.41, 5.74) is 5.37. The molecule has 8 nitrogen and oxygen atoms in total. The standard InChI is InChI=1S/C44H82NO7P/c1-3-5-7-9-11-13-15-17-19-20-21-22-23-25-27-29-31-33-35-37-44(46)52-43(42-51-53(47,48)50-40-38-45)41-49-39-36-34-32-30-28-26-24-18-16-14-12-10-8-6-4-2/h11,13,16-19,21-22,43H,3-10,12,14-15,20,23-42,45H2,1-2H3,(H,47,48)/b13-11-,18-16-,19-17-,22-21-. The van der Waals surface area contributed by atoms with Crippen LogP contribution in [0.1, 0.15) is 187 Å². The number of hydrogen-bond acceptors (Lipinski definition) is 7. The number of phosphoric ester groups is 1. The zero-order chi connectivity index (χ0) is 38.8. The molecule has 0 aliphatic carbocycles. The number of nitrogens with two attached hydrogens (primary N) is 1. The predicted molar refractivity (Wildman–Crippen MR) is 224 cm³/mol. The molecule has 0 heterocycles. The molecule has 0 aliphatic heterocycles. The van der Waals surface area contributed by atoms with Gasteiger partial charge in [-0.1, -0.05) is 152 Å². The third kappa shape index (κ3) is 41.5. The van der Waals surface area contributed by atoms with E-state index < -0.39 is 13.9 Å². The van der Waals surface area contributed by atoms with Crippen molar-refractivity contribution < 1.29 is 32.8 Å². The number of carbonyl (C=O) groups excluding carboxylic acids is 1. The molecule has 0 amide bonds. The van der Waals surface area contributed by atoms with Gasteiger partial charge < -0.3 is 20.1 Å². The molecule has 0 rings (SSSR count). The minimum Gasteiger partial charge on any atom is -0.457 e. The van der Waals surface area contributed by atoms with Gasteiger partial charge in [0.05, 0.1) is 19.8 Å². The highest BCUT2D eigenvalue weighted by molar-refractivity contribution is 7.47. The molecule has 9 heteroatoms. The van der Waals surface area contributed by atoms with Gasteiger partial charge in [-0.2, -0.15) is 0 Å². The second kappa shape index (κ2) is 41.6. The van der Waals surface area contributed by atoms with Crippen molar-refractivity contribution in [2.24, 2.45) is 5.73 Å². The number of carbonyl (C=O) groups is 1. The van der Waals surface area contributed by atoms with Crippen LogP contribution in [0, 0.1) is 0 Å². The van der Waals surface area contributed by atoms with E-state index in [1.165, 1.54) is 109 Å². The fourth-order valence-electron chi connectivity index (χ4n) is 5.76. The van der Waals surface area contributed by atoms with Crippen molar-refractivity contribution >= 4 is 13.8 Å². The largest absolute Gasteiger partial charge is 0.472 e. The van der Waals surface area contributed by atoms with Crippen molar-refractivity contribution in [1.29, 1.82) is 0 Å². The first-order chi connectivity index (χ1) is 25.9. The maximum Gasteiger partial charge on any atom is 0.472 e. The summed E-state index contributed by atoms with van der Waals surface area (Å²) in [5.74, 6) is -0.346. The molecule has 0 saturated carbocycles. The Morgan fingerprint density at radius 3 is 1.55 bits per heavy atom. The molecular formula is C44H82NO7P. The van der Waals surface area contributed by atoms with E-state index in [1.807, 2.05) is 0 Å². The molecule has 310 valence electrons. The van der Waals surface area contributed by atoms with Gasteiger partial charge in [-0.25, -0.2) is 4.57 Å². The number of phosphoric acid groups is 1. The molecule has 3 N–H and O–H groups in total. The molecule has 0 saturated heterocycles. The van der Waals surface area contributed by atoms with Gasteiger partial charge >= 0.3 is 13.8 Å². The van der Waals surface area contributed by atoms with Crippen LogP contribution < -0.4 is 5.73 Å². The zero-order valence-corrected chi connectivity index (χ0v) is 35.1. The first-order valence-electron chi connectivity index (χ1n) is 21.6. The number of rotatable bonds is 41. The molecular weight excluding hydrogens is 685 g/mol. The Kier molecular flexibility index (Phi) is 40.4. The topological polar surface area (TPSA) is 117 Å². The Morgan fingerprint density at radius 2 is 1.00 bits per heavy atom. The number of ether oxygens (including phenoxy) is 2. The summed E-state index contributed by atoms with van der Waals surface area (Å²) < 4.78 is 33.4. The second-order valence-electron chi connectivity index (χ2n) is 14.2. The van der Waals surface area contributed by atoms with Gasteiger partial charge in [0.25, 0.3) is 0 Å². The minimum absolute atomic E-state index is 0.0956. The Labute approximate surface area is 326 Å². The Hall–Kier alpha value is -1.54.